The minimum atomic E-state index is -0.142. The molecule has 0 bridgehead atoms. The average Bonchev–Trinajstić information content (AvgIpc) is 1.93. The number of ether oxygens (including phenoxy) is 1. The molecular weight excluding hydrogens is 188 g/mol. The van der Waals surface area contributed by atoms with Crippen LogP contribution in [0.3, 0.4) is 0 Å². The van der Waals surface area contributed by atoms with Crippen molar-refractivity contribution in [3.8, 4) is 0 Å². The molecular formula is C12H26N2O. The van der Waals surface area contributed by atoms with Gasteiger partial charge in [-0.05, 0) is 47.0 Å². The van der Waals surface area contributed by atoms with Gasteiger partial charge in [0, 0.05) is 5.54 Å². The summed E-state index contributed by atoms with van der Waals surface area (Å²) in [5.74, 6) is 0.629. The summed E-state index contributed by atoms with van der Waals surface area (Å²) in [6.07, 6.45) is 2.53. The summed E-state index contributed by atoms with van der Waals surface area (Å²) < 4.78 is 5.58. The van der Waals surface area contributed by atoms with Crippen molar-refractivity contribution in [2.45, 2.75) is 66.0 Å². The first-order valence-electron chi connectivity index (χ1n) is 5.59. The molecule has 0 saturated heterocycles. The predicted octanol–water partition coefficient (Wildman–Crippen LogP) is 3.16. The molecule has 0 aromatic rings. The van der Waals surface area contributed by atoms with Gasteiger partial charge in [0.2, 0.25) is 0 Å². The van der Waals surface area contributed by atoms with Gasteiger partial charge >= 0.3 is 0 Å². The van der Waals surface area contributed by atoms with Crippen molar-refractivity contribution in [1.29, 1.82) is 0 Å². The molecule has 1 N–H and O–H groups in total. The van der Waals surface area contributed by atoms with E-state index in [-0.39, 0.29) is 11.1 Å². The summed E-state index contributed by atoms with van der Waals surface area (Å²) in [6, 6.07) is 0. The molecule has 0 unspecified atom stereocenters. The molecule has 15 heavy (non-hydrogen) atoms. The first kappa shape index (κ1) is 14.3. The summed E-state index contributed by atoms with van der Waals surface area (Å²) in [4.78, 5) is 0. The Labute approximate surface area is 94.3 Å². The Balaban J connectivity index is 3.93. The van der Waals surface area contributed by atoms with Crippen LogP contribution in [0.2, 0.25) is 0 Å². The summed E-state index contributed by atoms with van der Waals surface area (Å²) in [5, 5.41) is 4.04. The number of rotatable bonds is 5. The highest BCUT2D eigenvalue weighted by molar-refractivity contribution is 5.46. The monoisotopic (exact) mass is 214 g/mol. The SMILES string of the molecule is CC(C)CC(C)(C)OC=NNC(C)(C)C. The van der Waals surface area contributed by atoms with Crippen molar-refractivity contribution in [1.82, 2.24) is 5.43 Å². The molecule has 0 aliphatic carbocycles. The molecule has 0 amide bonds. The van der Waals surface area contributed by atoms with Crippen molar-refractivity contribution in [3.63, 3.8) is 0 Å². The second-order valence-electron chi connectivity index (χ2n) is 6.07. The molecule has 0 atom stereocenters. The smallest absolute Gasteiger partial charge is 0.192 e. The minimum absolute atomic E-state index is 0.0119. The van der Waals surface area contributed by atoms with Gasteiger partial charge in [-0.15, -0.1) is 5.10 Å². The molecule has 0 spiro atoms. The van der Waals surface area contributed by atoms with Crippen LogP contribution in [0.15, 0.2) is 5.10 Å². The average molecular weight is 214 g/mol. The van der Waals surface area contributed by atoms with Crippen molar-refractivity contribution in [3.05, 3.63) is 0 Å². The van der Waals surface area contributed by atoms with Gasteiger partial charge in [-0.25, -0.2) is 0 Å². The van der Waals surface area contributed by atoms with Crippen molar-refractivity contribution < 1.29 is 4.74 Å². The highest BCUT2D eigenvalue weighted by Gasteiger charge is 2.19. The highest BCUT2D eigenvalue weighted by atomic mass is 16.5. The van der Waals surface area contributed by atoms with E-state index in [1.54, 1.807) is 0 Å². The lowest BCUT2D eigenvalue weighted by Gasteiger charge is -2.26. The van der Waals surface area contributed by atoms with Crippen LogP contribution in [-0.2, 0) is 4.74 Å². The summed E-state index contributed by atoms with van der Waals surface area (Å²) in [6.45, 7) is 14.7. The Bertz CT molecular complexity index is 202. The lowest BCUT2D eigenvalue weighted by Crippen LogP contribution is -2.32. The third-order valence-electron chi connectivity index (χ3n) is 1.72. The molecule has 0 rings (SSSR count). The van der Waals surface area contributed by atoms with E-state index in [0.29, 0.717) is 5.92 Å². The van der Waals surface area contributed by atoms with E-state index in [0.717, 1.165) is 6.42 Å². The topological polar surface area (TPSA) is 33.6 Å². The fraction of sp³-hybridized carbons (Fsp3) is 0.917. The molecule has 0 fully saturated rings. The lowest BCUT2D eigenvalue weighted by molar-refractivity contribution is 0.0791. The second kappa shape index (κ2) is 5.38. The van der Waals surface area contributed by atoms with Gasteiger partial charge in [-0.1, -0.05) is 13.8 Å². The van der Waals surface area contributed by atoms with Gasteiger partial charge in [0.25, 0.3) is 0 Å². The standard InChI is InChI=1S/C12H26N2O/c1-10(2)8-12(6,7)15-9-13-14-11(3,4)5/h9-10,14H,8H2,1-7H3. The Morgan fingerprint density at radius 3 is 2.13 bits per heavy atom. The Kier molecular flexibility index (Phi) is 5.12. The number of nitrogens with one attached hydrogen (secondary N) is 1. The number of hydrazone groups is 1. The van der Waals surface area contributed by atoms with Gasteiger partial charge < -0.3 is 10.2 Å². The minimum Gasteiger partial charge on any atom is -0.476 e. The van der Waals surface area contributed by atoms with Crippen molar-refractivity contribution >= 4 is 6.40 Å². The Hall–Kier alpha value is -0.730. The molecule has 3 nitrogen and oxygen atoms in total. The quantitative estimate of drug-likeness (QED) is 0.433. The van der Waals surface area contributed by atoms with Crippen LogP contribution in [0.1, 0.15) is 54.9 Å². The van der Waals surface area contributed by atoms with Crippen LogP contribution in [0.4, 0.5) is 0 Å². The maximum absolute atomic E-state index is 5.58. The van der Waals surface area contributed by atoms with E-state index in [1.165, 1.54) is 6.40 Å². The first-order valence-corrected chi connectivity index (χ1v) is 5.59. The first-order chi connectivity index (χ1) is 6.62. The number of hydrogen-bond acceptors (Lipinski definition) is 3. The molecule has 0 heterocycles. The second-order valence-corrected chi connectivity index (χ2v) is 6.07. The van der Waals surface area contributed by atoms with Gasteiger partial charge in [0.05, 0.1) is 0 Å². The van der Waals surface area contributed by atoms with Gasteiger partial charge in [0.15, 0.2) is 6.40 Å². The summed E-state index contributed by atoms with van der Waals surface area (Å²) in [7, 11) is 0. The fourth-order valence-corrected chi connectivity index (χ4v) is 1.42. The van der Waals surface area contributed by atoms with Crippen LogP contribution in [0.25, 0.3) is 0 Å². The predicted molar refractivity (Wildman–Crippen MR) is 66.0 cm³/mol. The zero-order valence-electron chi connectivity index (χ0n) is 11.2. The molecule has 3 heteroatoms. The number of nitrogens with zero attached hydrogens (tertiary/aromatic N) is 1. The normalized spacial score (nSPS) is 13.6. The molecule has 90 valence electrons. The molecule has 0 saturated carbocycles. The van der Waals surface area contributed by atoms with E-state index in [1.807, 2.05) is 0 Å². The fourth-order valence-electron chi connectivity index (χ4n) is 1.42. The molecule has 0 aliphatic rings. The van der Waals surface area contributed by atoms with E-state index >= 15 is 0 Å². The summed E-state index contributed by atoms with van der Waals surface area (Å²) >= 11 is 0. The maximum atomic E-state index is 5.58. The van der Waals surface area contributed by atoms with Crippen LogP contribution < -0.4 is 5.43 Å². The zero-order chi connectivity index (χ0) is 12.1. The van der Waals surface area contributed by atoms with E-state index in [2.05, 4.69) is 59.0 Å². The van der Waals surface area contributed by atoms with Crippen LogP contribution in [0.5, 0.6) is 0 Å². The number of hydrogen-bond donors (Lipinski definition) is 1. The molecule has 0 aliphatic heterocycles. The third-order valence-corrected chi connectivity index (χ3v) is 1.72. The van der Waals surface area contributed by atoms with Gasteiger partial charge in [-0.3, -0.25) is 0 Å². The molecule has 0 aromatic carbocycles. The van der Waals surface area contributed by atoms with Crippen molar-refractivity contribution in [2.75, 3.05) is 0 Å². The van der Waals surface area contributed by atoms with Crippen molar-refractivity contribution in [2.24, 2.45) is 11.0 Å². The van der Waals surface area contributed by atoms with Crippen LogP contribution >= 0.6 is 0 Å². The third kappa shape index (κ3) is 9.57. The zero-order valence-corrected chi connectivity index (χ0v) is 11.2. The Morgan fingerprint density at radius 2 is 1.73 bits per heavy atom. The lowest BCUT2D eigenvalue weighted by atomic mass is 9.96. The highest BCUT2D eigenvalue weighted by Crippen LogP contribution is 2.18. The van der Waals surface area contributed by atoms with E-state index in [4.69, 9.17) is 4.74 Å². The van der Waals surface area contributed by atoms with Crippen LogP contribution in [-0.4, -0.2) is 17.5 Å². The van der Waals surface area contributed by atoms with Crippen LogP contribution in [0, 0.1) is 5.92 Å². The van der Waals surface area contributed by atoms with E-state index < -0.39 is 0 Å². The molecule has 0 radical (unpaired) electrons. The Morgan fingerprint density at radius 1 is 1.20 bits per heavy atom. The maximum Gasteiger partial charge on any atom is 0.192 e. The largest absolute Gasteiger partial charge is 0.476 e. The van der Waals surface area contributed by atoms with Gasteiger partial charge in [0.1, 0.15) is 5.60 Å². The van der Waals surface area contributed by atoms with Gasteiger partial charge in [-0.2, -0.15) is 0 Å². The summed E-state index contributed by atoms with van der Waals surface area (Å²) in [5.41, 5.74) is 2.84. The molecule has 0 aromatic heterocycles. The van der Waals surface area contributed by atoms with E-state index in [9.17, 15) is 0 Å².